The lowest BCUT2D eigenvalue weighted by atomic mass is 9.98. The number of carbonyl (C=O) groups excluding carboxylic acids is 3. The zero-order valence-corrected chi connectivity index (χ0v) is 14.5. The van der Waals surface area contributed by atoms with E-state index in [0.717, 1.165) is 23.3 Å². The summed E-state index contributed by atoms with van der Waals surface area (Å²) < 4.78 is 10.6. The summed E-state index contributed by atoms with van der Waals surface area (Å²) in [6.07, 6.45) is 3.10. The Kier molecular flexibility index (Phi) is 3.97. The number of carbonyl (C=O) groups is 3. The Morgan fingerprint density at radius 3 is 2.77 bits per heavy atom. The minimum atomic E-state index is -0.791. The van der Waals surface area contributed by atoms with E-state index in [0.29, 0.717) is 24.3 Å². The van der Waals surface area contributed by atoms with Gasteiger partial charge in [-0.05, 0) is 37.5 Å². The van der Waals surface area contributed by atoms with E-state index < -0.39 is 11.6 Å². The number of nitrogens with zero attached hydrogens (tertiary/aromatic N) is 1. The molecule has 0 radical (unpaired) electrons. The maximum atomic E-state index is 12.6. The number of hydrogen-bond acceptors (Lipinski definition) is 5. The van der Waals surface area contributed by atoms with E-state index in [1.165, 1.54) is 0 Å². The monoisotopic (exact) mass is 359 g/mol. The summed E-state index contributed by atoms with van der Waals surface area (Å²) >= 11 is 0. The van der Waals surface area contributed by atoms with Crippen molar-refractivity contribution in [1.82, 2.24) is 15.5 Å². The predicted octanol–water partition coefficient (Wildman–Crippen LogP) is 1.46. The Morgan fingerprint density at radius 1 is 1.27 bits per heavy atom. The lowest BCUT2D eigenvalue weighted by Gasteiger charge is -2.20. The largest absolute Gasteiger partial charge is 0.454 e. The fraction of sp³-hybridized carbons (Fsp3) is 0.500. The van der Waals surface area contributed by atoms with E-state index in [1.807, 2.05) is 19.1 Å². The van der Waals surface area contributed by atoms with Gasteiger partial charge < -0.3 is 20.1 Å². The van der Waals surface area contributed by atoms with Crippen molar-refractivity contribution in [1.29, 1.82) is 0 Å². The topological polar surface area (TPSA) is 97.0 Å². The second-order valence-corrected chi connectivity index (χ2v) is 7.01. The van der Waals surface area contributed by atoms with Crippen LogP contribution in [0.1, 0.15) is 44.2 Å². The van der Waals surface area contributed by atoms with Crippen LogP contribution in [0.15, 0.2) is 18.2 Å². The Bertz CT molecular complexity index is 772. The quantitative estimate of drug-likeness (QED) is 0.793. The molecule has 8 heteroatoms. The Morgan fingerprint density at radius 2 is 2.00 bits per heavy atom. The molecule has 4 rings (SSSR count). The van der Waals surface area contributed by atoms with Gasteiger partial charge in [0.25, 0.3) is 5.91 Å². The van der Waals surface area contributed by atoms with Gasteiger partial charge in [0.2, 0.25) is 12.7 Å². The van der Waals surface area contributed by atoms with E-state index in [4.69, 9.17) is 9.47 Å². The standard InChI is InChI=1S/C18H21N3O5/c1-11(12-4-5-13-14(8-12)26-10-25-13)19-15(22)9-21-16(23)18(20-17(21)24)6-2-3-7-18/h4-5,8,11H,2-3,6-7,9-10H2,1H3,(H,19,22)(H,20,24). The molecule has 3 aliphatic rings. The summed E-state index contributed by atoms with van der Waals surface area (Å²) in [5.41, 5.74) is 0.0624. The van der Waals surface area contributed by atoms with Gasteiger partial charge >= 0.3 is 6.03 Å². The van der Waals surface area contributed by atoms with Crippen molar-refractivity contribution in [2.24, 2.45) is 0 Å². The van der Waals surface area contributed by atoms with E-state index in [2.05, 4.69) is 10.6 Å². The Labute approximate surface area is 150 Å². The third kappa shape index (κ3) is 2.75. The summed E-state index contributed by atoms with van der Waals surface area (Å²) in [6.45, 7) is 1.74. The van der Waals surface area contributed by atoms with Gasteiger partial charge in [0.1, 0.15) is 12.1 Å². The Balaban J connectivity index is 1.39. The number of imide groups is 1. The van der Waals surface area contributed by atoms with Crippen molar-refractivity contribution in [3.05, 3.63) is 23.8 Å². The molecule has 1 aromatic rings. The normalized spacial score (nSPS) is 21.2. The molecule has 0 aromatic heterocycles. The second-order valence-electron chi connectivity index (χ2n) is 7.01. The molecule has 2 fully saturated rings. The number of urea groups is 1. The number of amides is 4. The highest BCUT2D eigenvalue weighted by Crippen LogP contribution is 2.35. The van der Waals surface area contributed by atoms with Crippen molar-refractivity contribution < 1.29 is 23.9 Å². The van der Waals surface area contributed by atoms with Gasteiger partial charge in [-0.2, -0.15) is 0 Å². The molecule has 4 amide bonds. The van der Waals surface area contributed by atoms with Gasteiger partial charge in [-0.15, -0.1) is 0 Å². The van der Waals surface area contributed by atoms with Crippen molar-refractivity contribution in [2.45, 2.75) is 44.2 Å². The average molecular weight is 359 g/mol. The zero-order chi connectivity index (χ0) is 18.3. The number of hydrogen-bond donors (Lipinski definition) is 2. The van der Waals surface area contributed by atoms with Crippen LogP contribution in [-0.2, 0) is 9.59 Å². The lowest BCUT2D eigenvalue weighted by Crippen LogP contribution is -2.45. The molecule has 2 aliphatic heterocycles. The third-order valence-electron chi connectivity index (χ3n) is 5.28. The van der Waals surface area contributed by atoms with Crippen molar-refractivity contribution in [3.63, 3.8) is 0 Å². The molecule has 2 heterocycles. The van der Waals surface area contributed by atoms with Crippen LogP contribution >= 0.6 is 0 Å². The molecule has 1 saturated heterocycles. The van der Waals surface area contributed by atoms with Crippen LogP contribution in [-0.4, -0.2) is 41.6 Å². The van der Waals surface area contributed by atoms with Crippen LogP contribution in [0, 0.1) is 0 Å². The second kappa shape index (κ2) is 6.19. The van der Waals surface area contributed by atoms with E-state index in [-0.39, 0.29) is 31.2 Å². The highest BCUT2D eigenvalue weighted by molar-refractivity contribution is 6.09. The summed E-state index contributed by atoms with van der Waals surface area (Å²) in [4.78, 5) is 38.1. The van der Waals surface area contributed by atoms with Crippen LogP contribution in [0.2, 0.25) is 0 Å². The number of rotatable bonds is 4. The van der Waals surface area contributed by atoms with Crippen LogP contribution in [0.5, 0.6) is 11.5 Å². The predicted molar refractivity (Wildman–Crippen MR) is 90.6 cm³/mol. The van der Waals surface area contributed by atoms with Gasteiger partial charge in [0.05, 0.1) is 6.04 Å². The fourth-order valence-electron chi connectivity index (χ4n) is 3.83. The van der Waals surface area contributed by atoms with Gasteiger partial charge in [-0.3, -0.25) is 14.5 Å². The van der Waals surface area contributed by atoms with Crippen LogP contribution in [0.4, 0.5) is 4.79 Å². The molecule has 1 aliphatic carbocycles. The number of fused-ring (bicyclic) bond motifs is 1. The highest BCUT2D eigenvalue weighted by atomic mass is 16.7. The van der Waals surface area contributed by atoms with Crippen molar-refractivity contribution in [3.8, 4) is 11.5 Å². The minimum absolute atomic E-state index is 0.188. The minimum Gasteiger partial charge on any atom is -0.454 e. The average Bonchev–Trinajstić information content (AvgIpc) is 3.31. The van der Waals surface area contributed by atoms with Gasteiger partial charge in [-0.1, -0.05) is 18.9 Å². The zero-order valence-electron chi connectivity index (χ0n) is 14.5. The summed E-state index contributed by atoms with van der Waals surface area (Å²) in [7, 11) is 0. The van der Waals surface area contributed by atoms with Crippen LogP contribution < -0.4 is 20.1 Å². The number of benzene rings is 1. The number of nitrogens with one attached hydrogen (secondary N) is 2. The molecule has 2 N–H and O–H groups in total. The van der Waals surface area contributed by atoms with Crippen LogP contribution in [0.3, 0.4) is 0 Å². The molecule has 1 spiro atoms. The van der Waals surface area contributed by atoms with Crippen molar-refractivity contribution >= 4 is 17.8 Å². The lowest BCUT2D eigenvalue weighted by molar-refractivity contribution is -0.135. The van der Waals surface area contributed by atoms with E-state index in [9.17, 15) is 14.4 Å². The molecular weight excluding hydrogens is 338 g/mol. The molecule has 26 heavy (non-hydrogen) atoms. The maximum Gasteiger partial charge on any atom is 0.325 e. The first-order valence-corrected chi connectivity index (χ1v) is 8.81. The smallest absolute Gasteiger partial charge is 0.325 e. The van der Waals surface area contributed by atoms with Gasteiger partial charge in [-0.25, -0.2) is 4.79 Å². The molecule has 1 saturated carbocycles. The summed E-state index contributed by atoms with van der Waals surface area (Å²) in [5.74, 6) is 0.647. The molecule has 1 aromatic carbocycles. The van der Waals surface area contributed by atoms with E-state index >= 15 is 0 Å². The fourth-order valence-corrected chi connectivity index (χ4v) is 3.83. The molecule has 138 valence electrons. The summed E-state index contributed by atoms with van der Waals surface area (Å²) in [5, 5.41) is 5.60. The highest BCUT2D eigenvalue weighted by Gasteiger charge is 2.52. The molecule has 1 atom stereocenters. The molecule has 8 nitrogen and oxygen atoms in total. The Hall–Kier alpha value is -2.77. The molecule has 1 unspecified atom stereocenters. The van der Waals surface area contributed by atoms with E-state index in [1.54, 1.807) is 6.07 Å². The van der Waals surface area contributed by atoms with Crippen LogP contribution in [0.25, 0.3) is 0 Å². The van der Waals surface area contributed by atoms with Gasteiger partial charge in [0, 0.05) is 0 Å². The number of ether oxygens (including phenoxy) is 2. The molecule has 0 bridgehead atoms. The molecular formula is C18H21N3O5. The third-order valence-corrected chi connectivity index (χ3v) is 5.28. The summed E-state index contributed by atoms with van der Waals surface area (Å²) in [6, 6.07) is 4.68. The maximum absolute atomic E-state index is 12.6. The first-order valence-electron chi connectivity index (χ1n) is 8.81. The SMILES string of the molecule is CC(NC(=O)CN1C(=O)NC2(CCCC2)C1=O)c1ccc2c(c1)OCO2. The van der Waals surface area contributed by atoms with Gasteiger partial charge in [0.15, 0.2) is 11.5 Å². The first-order chi connectivity index (χ1) is 12.5. The van der Waals surface area contributed by atoms with Crippen molar-refractivity contribution in [2.75, 3.05) is 13.3 Å². The first kappa shape index (κ1) is 16.7.